The van der Waals surface area contributed by atoms with E-state index in [-0.39, 0.29) is 12.5 Å². The summed E-state index contributed by atoms with van der Waals surface area (Å²) in [6.45, 7) is -0.183. The third-order valence-electron chi connectivity index (χ3n) is 3.87. The molecule has 0 N–H and O–H groups in total. The molecule has 0 unspecified atom stereocenters. The van der Waals surface area contributed by atoms with Gasteiger partial charge < -0.3 is 18.7 Å². The fourth-order valence-electron chi connectivity index (χ4n) is 2.51. The second-order valence-corrected chi connectivity index (χ2v) is 6.46. The van der Waals surface area contributed by atoms with Crippen molar-refractivity contribution in [2.45, 2.75) is 6.61 Å². The van der Waals surface area contributed by atoms with Gasteiger partial charge in [-0.3, -0.25) is 0 Å². The number of tetrazole rings is 1. The molecule has 12 heteroatoms. The average Bonchev–Trinajstić information content (AvgIpc) is 3.52. The maximum atomic E-state index is 12.4. The Morgan fingerprint density at radius 1 is 1.24 bits per heavy atom. The lowest BCUT2D eigenvalue weighted by molar-refractivity contribution is 0.0435. The molecule has 0 bridgehead atoms. The molecule has 0 radical (unpaired) electrons. The van der Waals surface area contributed by atoms with E-state index in [4.69, 9.17) is 18.7 Å². The molecule has 3 heterocycles. The van der Waals surface area contributed by atoms with Crippen LogP contribution in [0.2, 0.25) is 0 Å². The van der Waals surface area contributed by atoms with Crippen molar-refractivity contribution in [2.75, 3.05) is 14.2 Å². The lowest BCUT2D eigenvalue weighted by Gasteiger charge is -2.07. The van der Waals surface area contributed by atoms with Gasteiger partial charge in [-0.2, -0.15) is 9.67 Å². The van der Waals surface area contributed by atoms with Crippen LogP contribution >= 0.6 is 11.3 Å². The summed E-state index contributed by atoms with van der Waals surface area (Å²) >= 11 is 1.22. The Morgan fingerprint density at radius 2 is 2.14 bits per heavy atom. The van der Waals surface area contributed by atoms with E-state index in [0.29, 0.717) is 33.5 Å². The van der Waals surface area contributed by atoms with Crippen LogP contribution in [0.1, 0.15) is 15.6 Å². The van der Waals surface area contributed by atoms with Crippen LogP contribution in [0.25, 0.3) is 17.1 Å². The molecule has 11 nitrogen and oxygen atoms in total. The highest BCUT2D eigenvalue weighted by molar-refractivity contribution is 7.12. The number of carbonyl (C=O) groups is 1. The fraction of sp³-hybridized carbons (Fsp3) is 0.176. The molecular formula is C17H14N6O5S. The molecule has 0 saturated carbocycles. The quantitative estimate of drug-likeness (QED) is 0.415. The first-order valence-electron chi connectivity index (χ1n) is 8.22. The SMILES string of the molecule is COc1ccc(-c2noc(COC(=O)c3sccc3-n3cnnn3)n2)c(OC)c1. The van der Waals surface area contributed by atoms with Crippen molar-refractivity contribution in [3.05, 3.63) is 46.7 Å². The first kappa shape index (κ1) is 18.6. The summed E-state index contributed by atoms with van der Waals surface area (Å²) in [6.07, 6.45) is 1.39. The van der Waals surface area contributed by atoms with Crippen molar-refractivity contribution in [1.29, 1.82) is 0 Å². The summed E-state index contributed by atoms with van der Waals surface area (Å²) in [5.74, 6) is 1.07. The number of ether oxygens (including phenoxy) is 3. The summed E-state index contributed by atoms with van der Waals surface area (Å²) < 4.78 is 22.4. The van der Waals surface area contributed by atoms with Gasteiger partial charge in [0, 0.05) is 6.07 Å². The van der Waals surface area contributed by atoms with E-state index in [1.165, 1.54) is 29.5 Å². The predicted molar refractivity (Wildman–Crippen MR) is 99.0 cm³/mol. The van der Waals surface area contributed by atoms with E-state index < -0.39 is 5.97 Å². The molecule has 0 saturated heterocycles. The lowest BCUT2D eigenvalue weighted by Crippen LogP contribution is -2.07. The van der Waals surface area contributed by atoms with Gasteiger partial charge in [0.05, 0.1) is 25.5 Å². The molecule has 0 fully saturated rings. The van der Waals surface area contributed by atoms with E-state index in [1.54, 1.807) is 36.8 Å². The highest BCUT2D eigenvalue weighted by Gasteiger charge is 2.19. The Bertz CT molecular complexity index is 1120. The molecule has 0 aliphatic heterocycles. The minimum absolute atomic E-state index is 0.145. The zero-order valence-corrected chi connectivity index (χ0v) is 16.1. The van der Waals surface area contributed by atoms with Crippen LogP contribution in [0.4, 0.5) is 0 Å². The summed E-state index contributed by atoms with van der Waals surface area (Å²) in [4.78, 5) is 17.0. The molecule has 0 spiro atoms. The van der Waals surface area contributed by atoms with Crippen molar-refractivity contribution in [1.82, 2.24) is 30.3 Å². The van der Waals surface area contributed by atoms with Crippen molar-refractivity contribution in [3.8, 4) is 28.6 Å². The molecule has 4 rings (SSSR count). The van der Waals surface area contributed by atoms with Crippen molar-refractivity contribution in [2.24, 2.45) is 0 Å². The third kappa shape index (κ3) is 3.78. The van der Waals surface area contributed by atoms with Crippen LogP contribution in [-0.4, -0.2) is 50.5 Å². The Kier molecular flexibility index (Phi) is 5.16. The fourth-order valence-corrected chi connectivity index (χ4v) is 3.28. The second-order valence-electron chi connectivity index (χ2n) is 5.54. The second kappa shape index (κ2) is 8.06. The van der Waals surface area contributed by atoms with Gasteiger partial charge in [-0.1, -0.05) is 5.16 Å². The number of thiophene rings is 1. The van der Waals surface area contributed by atoms with Crippen LogP contribution in [0.5, 0.6) is 11.5 Å². The Labute approximate surface area is 167 Å². The summed E-state index contributed by atoms with van der Waals surface area (Å²) in [6, 6.07) is 6.94. The Balaban J connectivity index is 1.47. The smallest absolute Gasteiger partial charge is 0.351 e. The number of carbonyl (C=O) groups excluding carboxylic acids is 1. The van der Waals surface area contributed by atoms with Gasteiger partial charge >= 0.3 is 5.97 Å². The van der Waals surface area contributed by atoms with Gasteiger partial charge in [0.15, 0.2) is 6.61 Å². The summed E-state index contributed by atoms with van der Waals surface area (Å²) in [5, 5.41) is 16.6. The summed E-state index contributed by atoms with van der Waals surface area (Å²) in [7, 11) is 3.10. The van der Waals surface area contributed by atoms with Crippen LogP contribution in [-0.2, 0) is 11.3 Å². The van der Waals surface area contributed by atoms with Crippen LogP contribution in [0, 0.1) is 0 Å². The van der Waals surface area contributed by atoms with Crippen molar-refractivity contribution in [3.63, 3.8) is 0 Å². The van der Waals surface area contributed by atoms with E-state index in [0.717, 1.165) is 0 Å². The predicted octanol–water partition coefficient (Wildman–Crippen LogP) is 2.15. The number of nitrogens with zero attached hydrogens (tertiary/aromatic N) is 6. The zero-order valence-electron chi connectivity index (χ0n) is 15.3. The van der Waals surface area contributed by atoms with E-state index in [9.17, 15) is 4.79 Å². The highest BCUT2D eigenvalue weighted by Crippen LogP contribution is 2.31. The van der Waals surface area contributed by atoms with E-state index in [1.807, 2.05) is 0 Å². The highest BCUT2D eigenvalue weighted by atomic mass is 32.1. The minimum atomic E-state index is -0.549. The molecule has 0 atom stereocenters. The molecule has 4 aromatic rings. The third-order valence-corrected chi connectivity index (χ3v) is 4.75. The van der Waals surface area contributed by atoms with Crippen LogP contribution in [0.3, 0.4) is 0 Å². The number of benzene rings is 1. The molecule has 3 aromatic heterocycles. The van der Waals surface area contributed by atoms with Gasteiger partial charge in [-0.25, -0.2) is 4.79 Å². The van der Waals surface area contributed by atoms with Gasteiger partial charge in [0.2, 0.25) is 5.82 Å². The lowest BCUT2D eigenvalue weighted by atomic mass is 10.2. The monoisotopic (exact) mass is 414 g/mol. The molecule has 0 amide bonds. The van der Waals surface area contributed by atoms with Gasteiger partial charge in [-0.15, -0.1) is 16.4 Å². The largest absolute Gasteiger partial charge is 0.497 e. The molecule has 0 aliphatic rings. The first-order valence-corrected chi connectivity index (χ1v) is 9.10. The molecular weight excluding hydrogens is 400 g/mol. The van der Waals surface area contributed by atoms with E-state index in [2.05, 4.69) is 25.7 Å². The molecule has 0 aliphatic carbocycles. The maximum Gasteiger partial charge on any atom is 0.351 e. The van der Waals surface area contributed by atoms with Crippen LogP contribution in [0.15, 0.2) is 40.5 Å². The molecule has 148 valence electrons. The van der Waals surface area contributed by atoms with Gasteiger partial charge in [0.1, 0.15) is 22.7 Å². The normalized spacial score (nSPS) is 10.7. The Morgan fingerprint density at radius 3 is 2.90 bits per heavy atom. The maximum absolute atomic E-state index is 12.4. The number of aromatic nitrogens is 6. The molecule has 1 aromatic carbocycles. The van der Waals surface area contributed by atoms with E-state index >= 15 is 0 Å². The summed E-state index contributed by atoms with van der Waals surface area (Å²) in [5.41, 5.74) is 1.15. The minimum Gasteiger partial charge on any atom is -0.497 e. The number of rotatable bonds is 7. The van der Waals surface area contributed by atoms with Gasteiger partial charge in [0.25, 0.3) is 5.89 Å². The van der Waals surface area contributed by atoms with Gasteiger partial charge in [-0.05, 0) is 34.0 Å². The number of hydrogen-bond acceptors (Lipinski definition) is 11. The Hall–Kier alpha value is -3.80. The average molecular weight is 414 g/mol. The zero-order chi connectivity index (χ0) is 20.2. The topological polar surface area (TPSA) is 127 Å². The number of hydrogen-bond donors (Lipinski definition) is 0. The van der Waals surface area contributed by atoms with Crippen molar-refractivity contribution < 1.29 is 23.5 Å². The molecule has 29 heavy (non-hydrogen) atoms. The number of esters is 1. The standard InChI is InChI=1S/C17H14N6O5S/c1-25-10-3-4-11(13(7-10)26-2)16-19-14(28-20-16)8-27-17(24)15-12(5-6-29-15)23-9-18-21-22-23/h3-7,9H,8H2,1-2H3. The first-order chi connectivity index (χ1) is 14.2. The number of methoxy groups -OCH3 is 2. The van der Waals surface area contributed by atoms with Crippen molar-refractivity contribution >= 4 is 17.3 Å². The van der Waals surface area contributed by atoms with Crippen LogP contribution < -0.4 is 9.47 Å².